The minimum atomic E-state index is -0.487. The van der Waals surface area contributed by atoms with Crippen LogP contribution in [-0.2, 0) is 11.2 Å². The molecule has 0 spiro atoms. The highest BCUT2D eigenvalue weighted by molar-refractivity contribution is 5.69. The van der Waals surface area contributed by atoms with Gasteiger partial charge in [-0.3, -0.25) is 4.90 Å². The Bertz CT molecular complexity index is 745. The van der Waals surface area contributed by atoms with Crippen LogP contribution in [0.15, 0.2) is 30.5 Å². The molecule has 3 rings (SSSR count). The molecular formula is C20H27N3O2. The molecule has 0 aliphatic carbocycles. The van der Waals surface area contributed by atoms with Gasteiger partial charge in [0.25, 0.3) is 0 Å². The first kappa shape index (κ1) is 17.5. The van der Waals surface area contributed by atoms with Gasteiger partial charge in [0, 0.05) is 6.54 Å². The number of ether oxygens (including phenoxy) is 1. The molecule has 1 aromatic heterocycles. The van der Waals surface area contributed by atoms with E-state index < -0.39 is 5.60 Å². The van der Waals surface area contributed by atoms with E-state index in [0.717, 1.165) is 36.3 Å². The smallest absolute Gasteiger partial charge is 0.410 e. The first-order chi connectivity index (χ1) is 11.9. The predicted octanol–water partition coefficient (Wildman–Crippen LogP) is 4.71. The molecule has 5 nitrogen and oxygen atoms in total. The van der Waals surface area contributed by atoms with Gasteiger partial charge in [0.15, 0.2) is 0 Å². The van der Waals surface area contributed by atoms with Crippen LogP contribution in [0.5, 0.6) is 0 Å². The molecule has 1 fully saturated rings. The van der Waals surface area contributed by atoms with Crippen LogP contribution in [-0.4, -0.2) is 33.1 Å². The first-order valence-corrected chi connectivity index (χ1v) is 9.01. The lowest BCUT2D eigenvalue weighted by Crippen LogP contribution is -2.36. The number of hydrogen-bond acceptors (Lipinski definition) is 3. The summed E-state index contributed by atoms with van der Waals surface area (Å²) in [5.74, 6) is 0.834. The standard InChI is InChI=1S/C20H27N3O2/c1-5-14-8-6-9-15(12-14)16-13-21-18(22-16)17-10-7-11-23(17)19(24)25-20(2,3)4/h6,8-9,12-13,17H,5,7,10-11H2,1-4H3,(H,21,22). The molecule has 1 unspecified atom stereocenters. The van der Waals surface area contributed by atoms with E-state index in [1.807, 2.05) is 27.0 Å². The van der Waals surface area contributed by atoms with Gasteiger partial charge >= 0.3 is 6.09 Å². The number of rotatable bonds is 3. The zero-order chi connectivity index (χ0) is 18.0. The molecule has 1 amide bonds. The third-order valence-corrected chi connectivity index (χ3v) is 4.44. The topological polar surface area (TPSA) is 58.2 Å². The fraction of sp³-hybridized carbons (Fsp3) is 0.500. The maximum Gasteiger partial charge on any atom is 0.410 e. The number of aromatic nitrogens is 2. The number of likely N-dealkylation sites (tertiary alicyclic amines) is 1. The highest BCUT2D eigenvalue weighted by atomic mass is 16.6. The lowest BCUT2D eigenvalue weighted by atomic mass is 10.1. The average Bonchev–Trinajstić information content (AvgIpc) is 3.22. The first-order valence-electron chi connectivity index (χ1n) is 9.01. The molecule has 1 N–H and O–H groups in total. The molecule has 5 heteroatoms. The predicted molar refractivity (Wildman–Crippen MR) is 98.3 cm³/mol. The highest BCUT2D eigenvalue weighted by Gasteiger charge is 2.34. The second kappa shape index (κ2) is 6.90. The number of nitrogens with zero attached hydrogens (tertiary/aromatic N) is 2. The maximum absolute atomic E-state index is 12.5. The van der Waals surface area contributed by atoms with Gasteiger partial charge in [0.2, 0.25) is 0 Å². The van der Waals surface area contributed by atoms with Crippen LogP contribution >= 0.6 is 0 Å². The van der Waals surface area contributed by atoms with E-state index in [-0.39, 0.29) is 12.1 Å². The normalized spacial score (nSPS) is 17.8. The van der Waals surface area contributed by atoms with Crippen LogP contribution in [0.4, 0.5) is 4.79 Å². The minimum absolute atomic E-state index is 0.0436. The fourth-order valence-electron chi connectivity index (χ4n) is 3.20. The Morgan fingerprint density at radius 1 is 1.40 bits per heavy atom. The van der Waals surface area contributed by atoms with Gasteiger partial charge in [-0.05, 0) is 57.2 Å². The molecule has 25 heavy (non-hydrogen) atoms. The Hall–Kier alpha value is -2.30. The number of aromatic amines is 1. The van der Waals surface area contributed by atoms with Crippen molar-refractivity contribution in [3.05, 3.63) is 41.9 Å². The van der Waals surface area contributed by atoms with Gasteiger partial charge in [-0.2, -0.15) is 0 Å². The number of imidazole rings is 1. The van der Waals surface area contributed by atoms with Crippen LogP contribution in [0.3, 0.4) is 0 Å². The third-order valence-electron chi connectivity index (χ3n) is 4.44. The number of nitrogens with one attached hydrogen (secondary N) is 1. The largest absolute Gasteiger partial charge is 0.444 e. The summed E-state index contributed by atoms with van der Waals surface area (Å²) in [7, 11) is 0. The summed E-state index contributed by atoms with van der Waals surface area (Å²) in [6.07, 6.45) is 4.47. The van der Waals surface area contributed by atoms with E-state index in [2.05, 4.69) is 41.2 Å². The van der Waals surface area contributed by atoms with Crippen LogP contribution in [0.2, 0.25) is 0 Å². The molecule has 1 atom stereocenters. The van der Waals surface area contributed by atoms with Gasteiger partial charge in [0.05, 0.1) is 17.9 Å². The number of H-pyrrole nitrogens is 1. The van der Waals surface area contributed by atoms with Crippen molar-refractivity contribution in [2.24, 2.45) is 0 Å². The number of hydrogen-bond donors (Lipinski definition) is 1. The summed E-state index contributed by atoms with van der Waals surface area (Å²) >= 11 is 0. The quantitative estimate of drug-likeness (QED) is 0.879. The van der Waals surface area contributed by atoms with E-state index in [4.69, 9.17) is 4.74 Å². The molecule has 1 aromatic carbocycles. The van der Waals surface area contributed by atoms with Crippen LogP contribution < -0.4 is 0 Å². The van der Waals surface area contributed by atoms with E-state index >= 15 is 0 Å². The van der Waals surface area contributed by atoms with Crippen molar-refractivity contribution in [3.63, 3.8) is 0 Å². The molecule has 0 bridgehead atoms. The van der Waals surface area contributed by atoms with Crippen molar-refractivity contribution < 1.29 is 9.53 Å². The number of amides is 1. The number of carbonyl (C=O) groups is 1. The van der Waals surface area contributed by atoms with Crippen molar-refractivity contribution in [3.8, 4) is 11.3 Å². The maximum atomic E-state index is 12.5. The Kier molecular flexibility index (Phi) is 4.84. The van der Waals surface area contributed by atoms with Gasteiger partial charge < -0.3 is 9.72 Å². The number of aryl methyl sites for hydroxylation is 1. The molecular weight excluding hydrogens is 314 g/mol. The summed E-state index contributed by atoms with van der Waals surface area (Å²) in [4.78, 5) is 22.2. The summed E-state index contributed by atoms with van der Waals surface area (Å²) in [5, 5.41) is 0. The summed E-state index contributed by atoms with van der Waals surface area (Å²) < 4.78 is 5.54. The summed E-state index contributed by atoms with van der Waals surface area (Å²) in [6, 6.07) is 8.41. The van der Waals surface area contributed by atoms with Gasteiger partial charge in [-0.25, -0.2) is 9.78 Å². The summed E-state index contributed by atoms with van der Waals surface area (Å²) in [5.41, 5.74) is 2.92. The number of benzene rings is 1. The lowest BCUT2D eigenvalue weighted by molar-refractivity contribution is 0.0219. The molecule has 2 aromatic rings. The van der Waals surface area contributed by atoms with Crippen molar-refractivity contribution in [1.29, 1.82) is 0 Å². The lowest BCUT2D eigenvalue weighted by Gasteiger charge is -2.27. The molecule has 134 valence electrons. The second-order valence-corrected chi connectivity index (χ2v) is 7.57. The SMILES string of the molecule is CCc1cccc(-c2cnc(C3CCCN3C(=O)OC(C)(C)C)[nH]2)c1. The second-order valence-electron chi connectivity index (χ2n) is 7.57. The molecule has 1 aliphatic heterocycles. The molecule has 0 saturated carbocycles. The van der Waals surface area contributed by atoms with Crippen LogP contribution in [0, 0.1) is 0 Å². The molecule has 0 radical (unpaired) electrons. The van der Waals surface area contributed by atoms with Gasteiger partial charge in [-0.1, -0.05) is 25.1 Å². The Morgan fingerprint density at radius 2 is 2.20 bits per heavy atom. The van der Waals surface area contributed by atoms with Gasteiger partial charge in [0.1, 0.15) is 11.4 Å². The van der Waals surface area contributed by atoms with E-state index in [9.17, 15) is 4.79 Å². The van der Waals surface area contributed by atoms with Crippen molar-refractivity contribution in [1.82, 2.24) is 14.9 Å². The molecule has 1 aliphatic rings. The minimum Gasteiger partial charge on any atom is -0.444 e. The van der Waals surface area contributed by atoms with E-state index in [1.165, 1.54) is 5.56 Å². The Morgan fingerprint density at radius 3 is 2.92 bits per heavy atom. The van der Waals surface area contributed by atoms with Crippen molar-refractivity contribution >= 4 is 6.09 Å². The zero-order valence-corrected chi connectivity index (χ0v) is 15.5. The number of carbonyl (C=O) groups excluding carboxylic acids is 1. The summed E-state index contributed by atoms with van der Waals surface area (Å²) in [6.45, 7) is 8.53. The van der Waals surface area contributed by atoms with Crippen molar-refractivity contribution in [2.45, 2.75) is 58.6 Å². The fourth-order valence-corrected chi connectivity index (χ4v) is 3.20. The zero-order valence-electron chi connectivity index (χ0n) is 15.5. The Balaban J connectivity index is 1.80. The monoisotopic (exact) mass is 341 g/mol. The van der Waals surface area contributed by atoms with Crippen molar-refractivity contribution in [2.75, 3.05) is 6.54 Å². The average molecular weight is 341 g/mol. The van der Waals surface area contributed by atoms with Gasteiger partial charge in [-0.15, -0.1) is 0 Å². The van der Waals surface area contributed by atoms with E-state index in [1.54, 1.807) is 4.90 Å². The van der Waals surface area contributed by atoms with E-state index in [0.29, 0.717) is 6.54 Å². The third kappa shape index (κ3) is 4.03. The Labute approximate surface area is 149 Å². The molecule has 1 saturated heterocycles. The highest BCUT2D eigenvalue weighted by Crippen LogP contribution is 2.32. The molecule has 2 heterocycles. The van der Waals surface area contributed by atoms with Crippen LogP contribution in [0.25, 0.3) is 11.3 Å². The van der Waals surface area contributed by atoms with Crippen LogP contribution in [0.1, 0.15) is 58.0 Å².